The summed E-state index contributed by atoms with van der Waals surface area (Å²) < 4.78 is 20.1. The molecule has 0 saturated heterocycles. The molecule has 0 bridgehead atoms. The van der Waals surface area contributed by atoms with Crippen LogP contribution in [0.25, 0.3) is 0 Å². The van der Waals surface area contributed by atoms with Crippen LogP contribution in [0.15, 0.2) is 78.0 Å². The number of carbonyl (C=O) groups is 2. The van der Waals surface area contributed by atoms with Crippen molar-refractivity contribution in [3.8, 4) is 11.5 Å². The third kappa shape index (κ3) is 8.64. The first-order valence-corrected chi connectivity index (χ1v) is 12.0. The maximum Gasteiger partial charge on any atom is 0.514 e. The molecule has 2 aromatic carbocycles. The van der Waals surface area contributed by atoms with Crippen LogP contribution in [0, 0.1) is 10.1 Å². The molecule has 0 saturated carbocycles. The Morgan fingerprint density at radius 1 is 0.882 bits per heavy atom. The minimum Gasteiger partial charge on any atom is -0.433 e. The lowest BCUT2D eigenvalue weighted by Gasteiger charge is -2.08. The van der Waals surface area contributed by atoms with E-state index in [9.17, 15) is 19.7 Å². The molecule has 0 unspecified atom stereocenters. The first kappa shape index (κ1) is 24.9. The van der Waals surface area contributed by atoms with E-state index in [0.29, 0.717) is 11.3 Å². The fourth-order valence-electron chi connectivity index (χ4n) is 2.34. The third-order valence-corrected chi connectivity index (χ3v) is 6.13. The molecule has 0 aliphatic carbocycles. The highest BCUT2D eigenvalue weighted by Gasteiger charge is 2.10. The summed E-state index contributed by atoms with van der Waals surface area (Å²) >= 11 is 0. The van der Waals surface area contributed by atoms with Gasteiger partial charge in [-0.05, 0) is 52.8 Å². The number of pyridine rings is 1. The molecule has 0 N–H and O–H groups in total. The lowest BCUT2D eigenvalue weighted by Crippen LogP contribution is -2.12. The molecule has 3 aromatic rings. The van der Waals surface area contributed by atoms with Crippen LogP contribution < -0.4 is 9.47 Å². The molecular formula is C22H18N2O8S2. The van der Waals surface area contributed by atoms with E-state index < -0.39 is 17.2 Å². The Bertz CT molecular complexity index is 1100. The van der Waals surface area contributed by atoms with Gasteiger partial charge in [-0.2, -0.15) is 0 Å². The number of hydrogen-bond acceptors (Lipinski definition) is 11. The Balaban J connectivity index is 1.32. The van der Waals surface area contributed by atoms with Crippen LogP contribution in [0.5, 0.6) is 11.5 Å². The van der Waals surface area contributed by atoms with Gasteiger partial charge in [0.2, 0.25) is 0 Å². The molecule has 34 heavy (non-hydrogen) atoms. The smallest absolute Gasteiger partial charge is 0.433 e. The zero-order valence-corrected chi connectivity index (χ0v) is 19.2. The molecule has 3 rings (SSSR count). The van der Waals surface area contributed by atoms with Crippen LogP contribution in [-0.2, 0) is 16.1 Å². The van der Waals surface area contributed by atoms with Crippen molar-refractivity contribution in [2.24, 2.45) is 0 Å². The number of benzene rings is 2. The van der Waals surface area contributed by atoms with Gasteiger partial charge in [-0.3, -0.25) is 10.1 Å². The first-order valence-electron chi connectivity index (χ1n) is 9.73. The minimum absolute atomic E-state index is 0.0816. The van der Waals surface area contributed by atoms with Crippen molar-refractivity contribution in [1.82, 2.24) is 4.98 Å². The van der Waals surface area contributed by atoms with Crippen molar-refractivity contribution in [2.75, 3.05) is 12.4 Å². The summed E-state index contributed by atoms with van der Waals surface area (Å²) in [5.41, 5.74) is 0.509. The second-order valence-corrected chi connectivity index (χ2v) is 8.75. The Hall–Kier alpha value is -3.77. The normalized spacial score (nSPS) is 10.2. The average Bonchev–Trinajstić information content (AvgIpc) is 2.84. The zero-order chi connectivity index (χ0) is 24.2. The van der Waals surface area contributed by atoms with Crippen molar-refractivity contribution in [3.05, 3.63) is 88.6 Å². The van der Waals surface area contributed by atoms with Crippen molar-refractivity contribution in [3.63, 3.8) is 0 Å². The van der Waals surface area contributed by atoms with E-state index in [4.69, 9.17) is 18.9 Å². The highest BCUT2D eigenvalue weighted by atomic mass is 33.1. The predicted molar refractivity (Wildman–Crippen MR) is 125 cm³/mol. The van der Waals surface area contributed by atoms with E-state index in [-0.39, 0.29) is 30.4 Å². The Morgan fingerprint density at radius 2 is 1.53 bits per heavy atom. The van der Waals surface area contributed by atoms with E-state index in [2.05, 4.69) is 4.98 Å². The van der Waals surface area contributed by atoms with E-state index in [1.54, 1.807) is 18.3 Å². The van der Waals surface area contributed by atoms with Gasteiger partial charge >= 0.3 is 12.3 Å². The Morgan fingerprint density at radius 3 is 2.15 bits per heavy atom. The first-order chi connectivity index (χ1) is 16.5. The summed E-state index contributed by atoms with van der Waals surface area (Å²) in [5, 5.41) is 11.5. The molecule has 0 radical (unpaired) electrons. The maximum atomic E-state index is 11.8. The number of nitro groups is 1. The molecule has 10 nitrogen and oxygen atoms in total. The molecule has 0 aliphatic heterocycles. The summed E-state index contributed by atoms with van der Waals surface area (Å²) in [7, 11) is 3.00. The maximum absolute atomic E-state index is 11.8. The lowest BCUT2D eigenvalue weighted by atomic mass is 10.2. The second kappa shape index (κ2) is 13.1. The van der Waals surface area contributed by atoms with Crippen molar-refractivity contribution in [2.45, 2.75) is 11.6 Å². The minimum atomic E-state index is -0.961. The predicted octanol–water partition coefficient (Wildman–Crippen LogP) is 5.66. The quantitative estimate of drug-likeness (QED) is 0.0850. The molecule has 0 spiro atoms. The largest absolute Gasteiger partial charge is 0.514 e. The van der Waals surface area contributed by atoms with Crippen LogP contribution >= 0.6 is 21.6 Å². The molecule has 1 aromatic heterocycles. The van der Waals surface area contributed by atoms with Gasteiger partial charge in [0.25, 0.3) is 5.69 Å². The number of nitro benzene ring substituents is 1. The van der Waals surface area contributed by atoms with E-state index in [0.717, 1.165) is 5.03 Å². The molecule has 176 valence electrons. The van der Waals surface area contributed by atoms with Gasteiger partial charge in [-0.1, -0.05) is 29.0 Å². The summed E-state index contributed by atoms with van der Waals surface area (Å²) in [6.45, 7) is 0.105. The van der Waals surface area contributed by atoms with Gasteiger partial charge in [0.15, 0.2) is 0 Å². The van der Waals surface area contributed by atoms with E-state index in [1.807, 2.05) is 18.2 Å². The molecular weight excluding hydrogens is 484 g/mol. The number of rotatable bonds is 10. The highest BCUT2D eigenvalue weighted by molar-refractivity contribution is 8.76. The van der Waals surface area contributed by atoms with Crippen molar-refractivity contribution < 1.29 is 33.5 Å². The number of ether oxygens (including phenoxy) is 4. The standard InChI is InChI=1S/C22H18N2O8S2/c25-21(29-13-14-33-34-20-3-1-2-12-23-20)31-18-8-4-16(5-9-18)15-30-22(26)32-19-10-6-17(7-11-19)24(27)28/h1-12H,13-15H2. The number of aromatic nitrogens is 1. The third-order valence-electron chi connectivity index (χ3n) is 3.90. The molecule has 1 heterocycles. The summed E-state index contributed by atoms with van der Waals surface area (Å²) in [6, 6.07) is 16.9. The Kier molecular flexibility index (Phi) is 9.55. The zero-order valence-electron chi connectivity index (χ0n) is 17.5. The van der Waals surface area contributed by atoms with Gasteiger partial charge in [-0.25, -0.2) is 14.6 Å². The van der Waals surface area contributed by atoms with E-state index in [1.165, 1.54) is 58.0 Å². The van der Waals surface area contributed by atoms with Crippen LogP contribution in [0.3, 0.4) is 0 Å². The van der Waals surface area contributed by atoms with Crippen molar-refractivity contribution in [1.29, 1.82) is 0 Å². The fourth-order valence-corrected chi connectivity index (χ4v) is 4.05. The average molecular weight is 503 g/mol. The molecule has 12 heteroatoms. The lowest BCUT2D eigenvalue weighted by molar-refractivity contribution is -0.384. The fraction of sp³-hybridized carbons (Fsp3) is 0.136. The van der Waals surface area contributed by atoms with Crippen LogP contribution in [0.4, 0.5) is 15.3 Å². The monoisotopic (exact) mass is 502 g/mol. The van der Waals surface area contributed by atoms with Gasteiger partial charge in [0.1, 0.15) is 29.7 Å². The van der Waals surface area contributed by atoms with Crippen molar-refractivity contribution >= 4 is 39.6 Å². The topological polar surface area (TPSA) is 127 Å². The summed E-state index contributed by atoms with van der Waals surface area (Å²) in [6.07, 6.45) is -0.0715. The van der Waals surface area contributed by atoms with Crippen LogP contribution in [0.1, 0.15) is 5.56 Å². The number of nitrogens with zero attached hydrogens (tertiary/aromatic N) is 2. The molecule has 0 atom stereocenters. The number of non-ortho nitro benzene ring substituents is 1. The van der Waals surface area contributed by atoms with Crippen LogP contribution in [-0.4, -0.2) is 34.6 Å². The van der Waals surface area contributed by atoms with Gasteiger partial charge in [0, 0.05) is 24.1 Å². The molecule has 0 aliphatic rings. The summed E-state index contributed by atoms with van der Waals surface area (Å²) in [4.78, 5) is 37.8. The van der Waals surface area contributed by atoms with Gasteiger partial charge in [0.05, 0.1) is 4.92 Å². The highest BCUT2D eigenvalue weighted by Crippen LogP contribution is 2.28. The Labute approximate surface area is 202 Å². The molecule has 0 amide bonds. The SMILES string of the molecule is O=C(OCCSSc1ccccn1)Oc1ccc(COC(=O)Oc2ccc([N+](=O)[O-])cc2)cc1. The summed E-state index contributed by atoms with van der Waals surface area (Å²) in [5.74, 6) is 0.965. The van der Waals surface area contributed by atoms with Gasteiger partial charge in [-0.15, -0.1) is 0 Å². The van der Waals surface area contributed by atoms with Gasteiger partial charge < -0.3 is 18.9 Å². The number of hydrogen-bond donors (Lipinski definition) is 0. The van der Waals surface area contributed by atoms with E-state index >= 15 is 0 Å². The number of carbonyl (C=O) groups excluding carboxylic acids is 2. The second-order valence-electron chi connectivity index (χ2n) is 6.31. The van der Waals surface area contributed by atoms with Crippen LogP contribution in [0.2, 0.25) is 0 Å². The molecule has 0 fully saturated rings.